The van der Waals surface area contributed by atoms with E-state index in [9.17, 15) is 19.2 Å². The van der Waals surface area contributed by atoms with Crippen molar-refractivity contribution in [3.63, 3.8) is 0 Å². The maximum Gasteiger partial charge on any atom is 0.224 e. The highest BCUT2D eigenvalue weighted by Gasteiger charge is 2.20. The fourth-order valence-corrected chi connectivity index (χ4v) is 4.24. The minimum absolute atomic E-state index is 0.0285. The van der Waals surface area contributed by atoms with Crippen LogP contribution in [0.15, 0.2) is 36.4 Å². The normalized spacial score (nSPS) is 13.5. The van der Waals surface area contributed by atoms with Gasteiger partial charge in [-0.05, 0) is 43.2 Å². The molecule has 158 valence electrons. The summed E-state index contributed by atoms with van der Waals surface area (Å²) >= 11 is 1.43. The largest absolute Gasteiger partial charge is 0.338 e. The number of likely N-dealkylation sites (tertiary alicyclic amines) is 1. The Morgan fingerprint density at radius 1 is 1.07 bits per heavy atom. The average Bonchev–Trinajstić information content (AvgIpc) is 3.33. The van der Waals surface area contributed by atoms with Crippen LogP contribution in [0, 0.1) is 6.92 Å². The molecule has 0 radical (unpaired) electrons. The van der Waals surface area contributed by atoms with Crippen molar-refractivity contribution in [2.75, 3.05) is 11.9 Å². The van der Waals surface area contributed by atoms with Gasteiger partial charge in [-0.1, -0.05) is 12.1 Å². The highest BCUT2D eigenvalue weighted by molar-refractivity contribution is 7.14. The lowest BCUT2D eigenvalue weighted by Crippen LogP contribution is -2.23. The Labute approximate surface area is 180 Å². The number of carbonyl (C=O) groups is 4. The monoisotopic (exact) mass is 426 g/mol. The van der Waals surface area contributed by atoms with Crippen LogP contribution in [0.25, 0.3) is 0 Å². The highest BCUT2D eigenvalue weighted by Crippen LogP contribution is 2.19. The first-order valence-electron chi connectivity index (χ1n) is 10.2. The molecule has 0 spiro atoms. The molecule has 2 amide bonds. The van der Waals surface area contributed by atoms with Crippen molar-refractivity contribution in [2.24, 2.45) is 0 Å². The van der Waals surface area contributed by atoms with Gasteiger partial charge in [-0.2, -0.15) is 0 Å². The third-order valence-corrected chi connectivity index (χ3v) is 6.07. The summed E-state index contributed by atoms with van der Waals surface area (Å²) in [4.78, 5) is 51.6. The summed E-state index contributed by atoms with van der Waals surface area (Å²) in [5.74, 6) is -0.194. The second-order valence-electron chi connectivity index (χ2n) is 7.54. The first kappa shape index (κ1) is 21.9. The first-order valence-corrected chi connectivity index (χ1v) is 11.0. The Balaban J connectivity index is 1.40. The Hall–Kier alpha value is -2.80. The smallest absolute Gasteiger partial charge is 0.224 e. The molecule has 30 heavy (non-hydrogen) atoms. The molecule has 2 aromatic rings. The summed E-state index contributed by atoms with van der Waals surface area (Å²) < 4.78 is 0. The molecule has 0 saturated carbocycles. The van der Waals surface area contributed by atoms with Crippen LogP contribution in [0.4, 0.5) is 5.69 Å². The van der Waals surface area contributed by atoms with Crippen LogP contribution in [-0.4, -0.2) is 34.8 Å². The molecule has 1 aromatic carbocycles. The number of Topliss-reactive ketones (excluding diaryl/α,β-unsaturated/α-hetero) is 2. The van der Waals surface area contributed by atoms with Crippen LogP contribution >= 0.6 is 11.3 Å². The molecule has 0 aliphatic carbocycles. The highest BCUT2D eigenvalue weighted by atomic mass is 32.1. The summed E-state index contributed by atoms with van der Waals surface area (Å²) in [6.45, 7) is 3.25. The van der Waals surface area contributed by atoms with Gasteiger partial charge in [0, 0.05) is 55.8 Å². The van der Waals surface area contributed by atoms with Crippen LogP contribution in [0.5, 0.6) is 0 Å². The van der Waals surface area contributed by atoms with Gasteiger partial charge in [0.25, 0.3) is 0 Å². The van der Waals surface area contributed by atoms with Crippen LogP contribution in [0.1, 0.15) is 58.6 Å². The molecule has 0 bridgehead atoms. The van der Waals surface area contributed by atoms with E-state index in [2.05, 4.69) is 5.32 Å². The SMILES string of the molecule is Cc1ccc(C(=O)CCC(=O)CCC(=O)Nc2cccc(CN3CCCC3=O)c2)s1. The van der Waals surface area contributed by atoms with E-state index in [-0.39, 0.29) is 49.1 Å². The van der Waals surface area contributed by atoms with Gasteiger partial charge < -0.3 is 10.2 Å². The zero-order chi connectivity index (χ0) is 21.5. The summed E-state index contributed by atoms with van der Waals surface area (Å²) in [5.41, 5.74) is 1.61. The van der Waals surface area contributed by atoms with Crippen molar-refractivity contribution in [2.45, 2.75) is 52.0 Å². The maximum atomic E-state index is 12.2. The number of thiophene rings is 1. The Morgan fingerprint density at radius 2 is 1.87 bits per heavy atom. The Morgan fingerprint density at radius 3 is 2.57 bits per heavy atom. The molecule has 7 heteroatoms. The molecule has 1 aromatic heterocycles. The summed E-state index contributed by atoms with van der Waals surface area (Å²) in [5, 5.41) is 2.81. The molecular weight excluding hydrogens is 400 g/mol. The van der Waals surface area contributed by atoms with Crippen molar-refractivity contribution in [1.82, 2.24) is 4.90 Å². The second-order valence-corrected chi connectivity index (χ2v) is 8.83. The van der Waals surface area contributed by atoms with Gasteiger partial charge in [-0.15, -0.1) is 11.3 Å². The van der Waals surface area contributed by atoms with Gasteiger partial charge in [0.15, 0.2) is 5.78 Å². The van der Waals surface area contributed by atoms with E-state index in [1.807, 2.05) is 36.1 Å². The predicted molar refractivity (Wildman–Crippen MR) is 117 cm³/mol. The molecule has 1 saturated heterocycles. The van der Waals surface area contributed by atoms with Crippen molar-refractivity contribution in [3.05, 3.63) is 51.7 Å². The number of rotatable bonds is 10. The number of nitrogens with one attached hydrogen (secondary N) is 1. The van der Waals surface area contributed by atoms with Gasteiger partial charge in [0.05, 0.1) is 4.88 Å². The van der Waals surface area contributed by atoms with Gasteiger partial charge >= 0.3 is 0 Å². The number of benzene rings is 1. The Bertz CT molecular complexity index is 950. The van der Waals surface area contributed by atoms with Crippen LogP contribution in [-0.2, 0) is 20.9 Å². The fourth-order valence-electron chi connectivity index (χ4n) is 3.40. The lowest BCUT2D eigenvalue weighted by Gasteiger charge is -2.16. The third kappa shape index (κ3) is 6.35. The molecule has 0 atom stereocenters. The molecule has 2 heterocycles. The molecule has 1 fully saturated rings. The van der Waals surface area contributed by atoms with E-state index in [0.29, 0.717) is 23.5 Å². The standard InChI is InChI=1S/C23H26N2O4S/c1-16-7-11-21(30-16)20(27)10-8-19(26)9-12-22(28)24-18-5-2-4-17(14-18)15-25-13-3-6-23(25)29/h2,4-5,7,11,14H,3,6,8-10,12-13,15H2,1H3,(H,24,28). The van der Waals surface area contributed by atoms with Crippen molar-refractivity contribution < 1.29 is 19.2 Å². The fraction of sp³-hybridized carbons (Fsp3) is 0.391. The average molecular weight is 427 g/mol. The molecule has 1 aliphatic rings. The summed E-state index contributed by atoms with van der Waals surface area (Å²) in [6, 6.07) is 11.1. The van der Waals surface area contributed by atoms with Crippen molar-refractivity contribution >= 4 is 40.4 Å². The van der Waals surface area contributed by atoms with Crippen LogP contribution in [0.3, 0.4) is 0 Å². The predicted octanol–water partition coefficient (Wildman–Crippen LogP) is 4.13. The number of hydrogen-bond donors (Lipinski definition) is 1. The number of anilines is 1. The van der Waals surface area contributed by atoms with E-state index in [1.54, 1.807) is 12.1 Å². The topological polar surface area (TPSA) is 83.6 Å². The molecule has 0 unspecified atom stereocenters. The molecule has 1 aliphatic heterocycles. The zero-order valence-electron chi connectivity index (χ0n) is 17.1. The first-order chi connectivity index (χ1) is 14.4. The molecular formula is C23H26N2O4S. The third-order valence-electron chi connectivity index (χ3n) is 5.03. The number of carbonyl (C=O) groups excluding carboxylic acids is 4. The minimum Gasteiger partial charge on any atom is -0.338 e. The molecule has 3 rings (SSSR count). The lowest BCUT2D eigenvalue weighted by atomic mass is 10.1. The van der Waals surface area contributed by atoms with Crippen molar-refractivity contribution in [1.29, 1.82) is 0 Å². The maximum absolute atomic E-state index is 12.2. The van der Waals surface area contributed by atoms with E-state index in [0.717, 1.165) is 23.4 Å². The Kier molecular flexibility index (Phi) is 7.52. The quantitative estimate of drug-likeness (QED) is 0.579. The number of amides is 2. The van der Waals surface area contributed by atoms with Gasteiger partial charge in [0.1, 0.15) is 5.78 Å². The van der Waals surface area contributed by atoms with E-state index < -0.39 is 0 Å². The number of aryl methyl sites for hydroxylation is 1. The van der Waals surface area contributed by atoms with Gasteiger partial charge in [0.2, 0.25) is 11.8 Å². The van der Waals surface area contributed by atoms with Gasteiger partial charge in [-0.25, -0.2) is 0 Å². The molecule has 6 nitrogen and oxygen atoms in total. The zero-order valence-corrected chi connectivity index (χ0v) is 17.9. The lowest BCUT2D eigenvalue weighted by molar-refractivity contribution is -0.128. The van der Waals surface area contributed by atoms with E-state index in [1.165, 1.54) is 11.3 Å². The summed E-state index contributed by atoms with van der Waals surface area (Å²) in [6.07, 6.45) is 2.02. The summed E-state index contributed by atoms with van der Waals surface area (Å²) in [7, 11) is 0. The number of nitrogens with zero attached hydrogens (tertiary/aromatic N) is 1. The van der Waals surface area contributed by atoms with Crippen LogP contribution in [0.2, 0.25) is 0 Å². The number of ketones is 2. The van der Waals surface area contributed by atoms with E-state index >= 15 is 0 Å². The second kappa shape index (κ2) is 10.3. The molecule has 1 N–H and O–H groups in total. The minimum atomic E-state index is -0.238. The van der Waals surface area contributed by atoms with Crippen LogP contribution < -0.4 is 5.32 Å². The van der Waals surface area contributed by atoms with Gasteiger partial charge in [-0.3, -0.25) is 19.2 Å². The number of hydrogen-bond acceptors (Lipinski definition) is 5. The van der Waals surface area contributed by atoms with E-state index in [4.69, 9.17) is 0 Å². The van der Waals surface area contributed by atoms with Crippen molar-refractivity contribution in [3.8, 4) is 0 Å².